The number of piperidine rings is 1. The predicted octanol–water partition coefficient (Wildman–Crippen LogP) is 4.72. The highest BCUT2D eigenvalue weighted by Gasteiger charge is 2.25. The molecule has 0 aliphatic carbocycles. The predicted molar refractivity (Wildman–Crippen MR) is 116 cm³/mol. The number of hydrogen-bond donors (Lipinski definition) is 1. The van der Waals surface area contributed by atoms with E-state index in [1.165, 1.54) is 24.4 Å². The molecular formula is C20H21ClN4O2S2. The van der Waals surface area contributed by atoms with E-state index in [1.54, 1.807) is 12.1 Å². The third kappa shape index (κ3) is 4.78. The minimum atomic E-state index is -3.75. The Balaban J connectivity index is 1.53. The number of sulfonamides is 1. The molecule has 3 aromatic rings. The first kappa shape index (κ1) is 20.3. The van der Waals surface area contributed by atoms with Gasteiger partial charge in [0.25, 0.3) is 10.0 Å². The van der Waals surface area contributed by atoms with Gasteiger partial charge in [-0.3, -0.25) is 9.62 Å². The lowest BCUT2D eigenvalue weighted by Crippen LogP contribution is -2.33. The van der Waals surface area contributed by atoms with Crippen LogP contribution in [0.15, 0.2) is 59.8 Å². The van der Waals surface area contributed by atoms with Crippen LogP contribution in [0.25, 0.3) is 0 Å². The number of hydrogen-bond acceptors (Lipinski definition) is 6. The Morgan fingerprint density at radius 3 is 2.72 bits per heavy atom. The minimum Gasteiger partial charge on any atom is -0.292 e. The van der Waals surface area contributed by atoms with Gasteiger partial charge in [-0.2, -0.15) is 4.37 Å². The quantitative estimate of drug-likeness (QED) is 0.590. The average molecular weight is 449 g/mol. The second kappa shape index (κ2) is 8.79. The summed E-state index contributed by atoms with van der Waals surface area (Å²) in [5.41, 5.74) is 2.23. The summed E-state index contributed by atoms with van der Waals surface area (Å²) in [6.07, 6.45) is 4.78. The van der Waals surface area contributed by atoms with Crippen molar-refractivity contribution in [3.8, 4) is 0 Å². The Kier molecular flexibility index (Phi) is 6.15. The van der Waals surface area contributed by atoms with Gasteiger partial charge in [-0.25, -0.2) is 13.4 Å². The molecule has 0 unspecified atom stereocenters. The van der Waals surface area contributed by atoms with Gasteiger partial charge in [0.15, 0.2) is 0 Å². The van der Waals surface area contributed by atoms with Crippen LogP contribution in [0.5, 0.6) is 0 Å². The molecule has 1 aliphatic rings. The van der Waals surface area contributed by atoms with Crippen molar-refractivity contribution in [1.82, 2.24) is 14.3 Å². The van der Waals surface area contributed by atoms with E-state index in [9.17, 15) is 8.42 Å². The van der Waals surface area contributed by atoms with Crippen molar-refractivity contribution in [3.63, 3.8) is 0 Å². The van der Waals surface area contributed by atoms with Crippen LogP contribution < -0.4 is 4.72 Å². The fourth-order valence-corrected chi connectivity index (χ4v) is 5.66. The molecule has 1 saturated heterocycles. The maximum atomic E-state index is 12.5. The summed E-state index contributed by atoms with van der Waals surface area (Å²) >= 11 is 7.47. The molecule has 1 N–H and O–H groups in total. The minimum absolute atomic E-state index is 0.111. The van der Waals surface area contributed by atoms with Crippen molar-refractivity contribution in [2.45, 2.75) is 36.7 Å². The molecule has 152 valence electrons. The lowest BCUT2D eigenvalue weighted by Gasteiger charge is -2.36. The van der Waals surface area contributed by atoms with Gasteiger partial charge in [0.05, 0.1) is 4.90 Å². The van der Waals surface area contributed by atoms with E-state index in [0.717, 1.165) is 36.5 Å². The fraction of sp³-hybridized carbons (Fsp3) is 0.300. The summed E-state index contributed by atoms with van der Waals surface area (Å²) in [7, 11) is -3.75. The number of aromatic nitrogens is 2. The number of nitrogens with one attached hydrogen (secondary N) is 1. The highest BCUT2D eigenvalue weighted by Crippen LogP contribution is 2.33. The maximum Gasteiger partial charge on any atom is 0.263 e. The molecule has 0 radical (unpaired) electrons. The highest BCUT2D eigenvalue weighted by atomic mass is 35.5. The Morgan fingerprint density at radius 1 is 1.17 bits per heavy atom. The van der Waals surface area contributed by atoms with Gasteiger partial charge < -0.3 is 0 Å². The SMILES string of the molecule is O=S(=O)(Nc1ncns1)c1ccc(CN2CCCC[C@@H]2c2ccccc2)c(Cl)c1. The van der Waals surface area contributed by atoms with Gasteiger partial charge >= 0.3 is 0 Å². The smallest absolute Gasteiger partial charge is 0.263 e. The van der Waals surface area contributed by atoms with Crippen LogP contribution in [0, 0.1) is 0 Å². The summed E-state index contributed by atoms with van der Waals surface area (Å²) in [5, 5.41) is 0.673. The van der Waals surface area contributed by atoms with Gasteiger partial charge in [0, 0.05) is 29.1 Å². The van der Waals surface area contributed by atoms with E-state index >= 15 is 0 Å². The molecule has 0 bridgehead atoms. The van der Waals surface area contributed by atoms with Crippen molar-refractivity contribution < 1.29 is 8.42 Å². The van der Waals surface area contributed by atoms with Crippen LogP contribution in [0.4, 0.5) is 5.13 Å². The summed E-state index contributed by atoms with van der Waals surface area (Å²) in [6, 6.07) is 15.7. The molecule has 2 heterocycles. The van der Waals surface area contributed by atoms with Crippen molar-refractivity contribution in [2.75, 3.05) is 11.3 Å². The third-order valence-electron chi connectivity index (χ3n) is 5.09. The Bertz CT molecular complexity index is 1060. The van der Waals surface area contributed by atoms with E-state index in [2.05, 4.69) is 43.2 Å². The molecule has 6 nitrogen and oxygen atoms in total. The first-order valence-corrected chi connectivity index (χ1v) is 12.0. The van der Waals surface area contributed by atoms with Crippen LogP contribution in [0.2, 0.25) is 5.02 Å². The van der Waals surface area contributed by atoms with Crippen molar-refractivity contribution >= 4 is 38.3 Å². The first-order valence-electron chi connectivity index (χ1n) is 9.40. The fourth-order valence-electron chi connectivity index (χ4n) is 3.67. The van der Waals surface area contributed by atoms with E-state index < -0.39 is 10.0 Å². The normalized spacial score (nSPS) is 17.9. The molecule has 4 rings (SSSR count). The summed E-state index contributed by atoms with van der Waals surface area (Å²) in [5.74, 6) is 0. The van der Waals surface area contributed by atoms with Gasteiger partial charge in [-0.1, -0.05) is 54.4 Å². The average Bonchev–Trinajstić information content (AvgIpc) is 3.23. The summed E-state index contributed by atoms with van der Waals surface area (Å²) < 4.78 is 31.3. The van der Waals surface area contributed by atoms with Crippen LogP contribution in [-0.4, -0.2) is 29.2 Å². The molecule has 29 heavy (non-hydrogen) atoms. The zero-order chi connectivity index (χ0) is 20.3. The number of benzene rings is 2. The van der Waals surface area contributed by atoms with E-state index in [4.69, 9.17) is 11.6 Å². The van der Waals surface area contributed by atoms with Gasteiger partial charge in [0.1, 0.15) is 6.33 Å². The summed E-state index contributed by atoms with van der Waals surface area (Å²) in [6.45, 7) is 1.68. The molecular weight excluding hydrogens is 428 g/mol. The molecule has 1 aliphatic heterocycles. The molecule has 1 atom stereocenters. The first-order chi connectivity index (χ1) is 14.0. The molecule has 1 aromatic heterocycles. The number of halogens is 1. The largest absolute Gasteiger partial charge is 0.292 e. The topological polar surface area (TPSA) is 75.2 Å². The van der Waals surface area contributed by atoms with Gasteiger partial charge in [0.2, 0.25) is 5.13 Å². The summed E-state index contributed by atoms with van der Waals surface area (Å²) in [4.78, 5) is 6.39. The number of rotatable bonds is 6. The van der Waals surface area contributed by atoms with Gasteiger partial charge in [-0.15, -0.1) is 0 Å². The molecule has 0 saturated carbocycles. The highest BCUT2D eigenvalue weighted by molar-refractivity contribution is 7.93. The van der Waals surface area contributed by atoms with Crippen LogP contribution in [0.1, 0.15) is 36.4 Å². The third-order valence-corrected chi connectivity index (χ3v) is 7.49. The second-order valence-corrected chi connectivity index (χ2v) is 9.87. The molecule has 2 aromatic carbocycles. The molecule has 1 fully saturated rings. The standard InChI is InChI=1S/C20H21ClN4O2S2/c21-18-12-17(29(26,27)24-20-22-14-23-28-20)10-9-16(18)13-25-11-5-4-8-19(25)15-6-2-1-3-7-15/h1-3,6-7,9-10,12,14,19H,4-5,8,11,13H2,(H,22,23,24)/t19-/m1/s1. The van der Waals surface area contributed by atoms with E-state index in [1.807, 2.05) is 6.07 Å². The van der Waals surface area contributed by atoms with Crippen molar-refractivity contribution in [1.29, 1.82) is 0 Å². The lowest BCUT2D eigenvalue weighted by molar-refractivity contribution is 0.140. The van der Waals surface area contributed by atoms with Crippen molar-refractivity contribution in [3.05, 3.63) is 71.0 Å². The number of anilines is 1. The van der Waals surface area contributed by atoms with Crippen LogP contribution in [0.3, 0.4) is 0 Å². The second-order valence-electron chi connectivity index (χ2n) is 7.00. The Labute approximate surface area is 179 Å². The van der Waals surface area contributed by atoms with E-state index in [0.29, 0.717) is 17.6 Å². The zero-order valence-corrected chi connectivity index (χ0v) is 18.1. The molecule has 0 spiro atoms. The molecule has 9 heteroatoms. The lowest BCUT2D eigenvalue weighted by atomic mass is 9.94. The number of nitrogens with zero attached hydrogens (tertiary/aromatic N) is 3. The van der Waals surface area contributed by atoms with Crippen LogP contribution in [-0.2, 0) is 16.6 Å². The number of likely N-dealkylation sites (tertiary alicyclic amines) is 1. The zero-order valence-electron chi connectivity index (χ0n) is 15.7. The van der Waals surface area contributed by atoms with Crippen molar-refractivity contribution in [2.24, 2.45) is 0 Å². The van der Waals surface area contributed by atoms with Gasteiger partial charge in [-0.05, 0) is 42.6 Å². The Hall–Kier alpha value is -2.00. The molecule has 0 amide bonds. The monoisotopic (exact) mass is 448 g/mol. The van der Waals surface area contributed by atoms with Crippen LogP contribution >= 0.6 is 23.1 Å². The maximum absolute atomic E-state index is 12.5. The van der Waals surface area contributed by atoms with E-state index in [-0.39, 0.29) is 10.0 Å². The Morgan fingerprint density at radius 2 is 2.00 bits per heavy atom.